The highest BCUT2D eigenvalue weighted by atomic mass is 32.2. The Morgan fingerprint density at radius 3 is 1.78 bits per heavy atom. The predicted octanol–water partition coefficient (Wildman–Crippen LogP) is -1.68. The fraction of sp³-hybridized carbons (Fsp3) is 0.556. The molecule has 0 radical (unpaired) electrons. The number of fused-ring (bicyclic) bond motifs is 6. The fourth-order valence-electron chi connectivity index (χ4n) is 16.9. The molecule has 720 valence electrons. The van der Waals surface area contributed by atoms with Gasteiger partial charge in [-0.2, -0.15) is 0 Å². The lowest BCUT2D eigenvalue weighted by molar-refractivity contribution is -0.149. The largest absolute Gasteiger partial charge is 0.508 e. The highest BCUT2D eigenvalue weighted by molar-refractivity contribution is 8.00. The van der Waals surface area contributed by atoms with Crippen molar-refractivity contribution in [1.29, 1.82) is 0 Å². The third-order valence-electron chi connectivity index (χ3n) is 24.1. The van der Waals surface area contributed by atoms with Crippen LogP contribution in [0.25, 0.3) is 21.8 Å². The average molecular weight is 1870 g/mol. The zero-order chi connectivity index (χ0) is 96.6. The molecule has 15 amide bonds. The molecule has 3 fully saturated rings. The van der Waals surface area contributed by atoms with E-state index in [0.29, 0.717) is 75.6 Å². The molecule has 0 aliphatic carbocycles. The normalized spacial score (nSPS) is 25.6. The van der Waals surface area contributed by atoms with Crippen LogP contribution in [0.4, 0.5) is 0 Å². The summed E-state index contributed by atoms with van der Waals surface area (Å²) in [5.41, 5.74) is 27.2. The molecule has 132 heavy (non-hydrogen) atoms. The number of aliphatic hydroxyl groups excluding tert-OH is 1. The fourth-order valence-corrected chi connectivity index (χ4v) is 18.8. The second kappa shape index (κ2) is 48.5. The number of primary amides is 1. The minimum absolute atomic E-state index is 0.00625. The maximum Gasteiger partial charge on any atom is 0.323 e. The van der Waals surface area contributed by atoms with Crippen LogP contribution in [0, 0.1) is 11.8 Å². The Labute approximate surface area is 774 Å². The van der Waals surface area contributed by atoms with Crippen molar-refractivity contribution in [2.75, 3.05) is 65.4 Å². The minimum atomic E-state index is -1.71. The summed E-state index contributed by atoms with van der Waals surface area (Å²) in [5, 5.41) is 60.5. The molecule has 6 heterocycles. The van der Waals surface area contributed by atoms with E-state index in [1.807, 2.05) is 13.8 Å². The van der Waals surface area contributed by atoms with Crippen molar-refractivity contribution in [2.24, 2.45) is 34.8 Å². The number of aliphatic carboxylic acids is 1. The van der Waals surface area contributed by atoms with Crippen LogP contribution < -0.4 is 76.1 Å². The molecular weight excluding hydrogens is 1740 g/mol. The van der Waals surface area contributed by atoms with E-state index in [1.54, 1.807) is 101 Å². The van der Waals surface area contributed by atoms with E-state index in [1.165, 1.54) is 58.7 Å². The summed E-state index contributed by atoms with van der Waals surface area (Å²) >= 11 is 0.858. The summed E-state index contributed by atoms with van der Waals surface area (Å²) in [4.78, 5) is 245. The zero-order valence-electron chi connectivity index (χ0n) is 76.3. The summed E-state index contributed by atoms with van der Waals surface area (Å²) in [7, 11) is 5.27. The summed E-state index contributed by atoms with van der Waals surface area (Å²) in [6.45, 7) is 9.81. The highest BCUT2D eigenvalue weighted by Gasteiger charge is 2.47. The van der Waals surface area contributed by atoms with Crippen LogP contribution in [-0.2, 0) is 103 Å². The van der Waals surface area contributed by atoms with Gasteiger partial charge in [-0.1, -0.05) is 116 Å². The summed E-state index contributed by atoms with van der Waals surface area (Å²) < 4.78 is 1.44. The van der Waals surface area contributed by atoms with Crippen molar-refractivity contribution in [2.45, 2.75) is 242 Å². The number of carbonyl (C=O) groups excluding carboxylic acids is 15. The third-order valence-corrected chi connectivity index (χ3v) is 26.2. The lowest BCUT2D eigenvalue weighted by atomic mass is 9.99. The molecule has 2 bridgehead atoms. The second-order valence-electron chi connectivity index (χ2n) is 35.1. The first-order chi connectivity index (χ1) is 62.7. The van der Waals surface area contributed by atoms with Gasteiger partial charge in [-0.05, 0) is 98.2 Å². The smallest absolute Gasteiger partial charge is 0.323 e. The molecule has 4 aliphatic rings. The van der Waals surface area contributed by atoms with Crippen molar-refractivity contribution >= 4 is 149 Å². The molecule has 2 aromatic heterocycles. The zero-order valence-corrected chi connectivity index (χ0v) is 78.0. The van der Waals surface area contributed by atoms with Crippen LogP contribution in [0.15, 0.2) is 85.2 Å². The van der Waals surface area contributed by atoms with Crippen LogP contribution >= 0.6 is 22.7 Å². The number of hydrogen-bond donors (Lipinski definition) is 18. The number of nitrogens with one attached hydrogen (secondary N) is 11. The molecule has 40 nitrogen and oxygen atoms in total. The van der Waals surface area contributed by atoms with Gasteiger partial charge >= 0.3 is 5.97 Å². The maximum absolute atomic E-state index is 15.9. The van der Waals surface area contributed by atoms with Gasteiger partial charge in [0.15, 0.2) is 0 Å². The van der Waals surface area contributed by atoms with Crippen molar-refractivity contribution < 1.29 is 92.0 Å². The third kappa shape index (κ3) is 27.7. The molecule has 0 unspecified atom stereocenters. The van der Waals surface area contributed by atoms with Gasteiger partial charge in [0.05, 0.1) is 35.5 Å². The van der Waals surface area contributed by atoms with Gasteiger partial charge in [0, 0.05) is 124 Å². The Hall–Kier alpha value is -11.8. The van der Waals surface area contributed by atoms with E-state index in [-0.39, 0.29) is 99.1 Å². The number of H-pyrrole nitrogens is 1. The first-order valence-electron chi connectivity index (χ1n) is 44.8. The predicted molar refractivity (Wildman–Crippen MR) is 498 cm³/mol. The number of likely N-dealkylation sites (N-methyl/N-ethyl adjacent to an activating group) is 3. The topological polar surface area (TPSA) is 595 Å². The molecule has 3 aromatic carbocycles. The van der Waals surface area contributed by atoms with Crippen molar-refractivity contribution in [1.82, 2.24) is 87.2 Å². The van der Waals surface area contributed by atoms with Gasteiger partial charge in [0.1, 0.15) is 84.8 Å². The summed E-state index contributed by atoms with van der Waals surface area (Å²) in [6, 6.07) is 0.222. The summed E-state index contributed by atoms with van der Waals surface area (Å²) in [6.07, 6.45) is 2.82. The Balaban J connectivity index is 1.09. The lowest BCUT2D eigenvalue weighted by Gasteiger charge is -2.36. The van der Waals surface area contributed by atoms with Crippen molar-refractivity contribution in [3.8, 4) is 5.75 Å². The Bertz CT molecular complexity index is 5100. The van der Waals surface area contributed by atoms with Gasteiger partial charge in [-0.15, -0.1) is 22.7 Å². The number of carbonyl (C=O) groups is 16. The number of rotatable bonds is 23. The number of unbranched alkanes of at least 4 members (excludes halogenated alkanes) is 2. The molecule has 5 aromatic rings. The number of thioether (sulfide) groups is 1. The van der Waals surface area contributed by atoms with E-state index in [9.17, 15) is 53.7 Å². The highest BCUT2D eigenvalue weighted by Crippen LogP contribution is 2.29. The summed E-state index contributed by atoms with van der Waals surface area (Å²) in [5.74, 6) is -15.2. The molecule has 4 aliphatic heterocycles. The number of carboxylic acids is 1. The van der Waals surface area contributed by atoms with Gasteiger partial charge in [-0.3, -0.25) is 87.8 Å². The number of benzene rings is 3. The Kier molecular flexibility index (Phi) is 38.2. The average Bonchev–Trinajstić information content (AvgIpc) is 1.57. The van der Waals surface area contributed by atoms with E-state index in [4.69, 9.17) is 22.9 Å². The van der Waals surface area contributed by atoms with Crippen LogP contribution in [0.3, 0.4) is 0 Å². The maximum atomic E-state index is 15.9. The number of aromatic amines is 1. The molecule has 0 spiro atoms. The van der Waals surface area contributed by atoms with E-state index >= 15 is 38.4 Å². The van der Waals surface area contributed by atoms with Crippen LogP contribution in [0.2, 0.25) is 0 Å². The number of phenols is 1. The number of carboxylic acid groups (broad SMARTS) is 1. The number of aliphatic hydroxyl groups is 1. The molecular formula is C90H129N21O19S2. The van der Waals surface area contributed by atoms with Gasteiger partial charge in [0.2, 0.25) is 88.6 Å². The molecule has 0 saturated carbocycles. The number of aromatic hydroxyl groups is 1. The Morgan fingerprint density at radius 2 is 1.14 bits per heavy atom. The number of phenolic OH excluding ortho intramolecular Hbond substituents is 1. The first kappa shape index (κ1) is 104. The monoisotopic (exact) mass is 1870 g/mol. The number of para-hydroxylation sites is 2. The van der Waals surface area contributed by atoms with Crippen LogP contribution in [0.5, 0.6) is 5.75 Å². The Morgan fingerprint density at radius 1 is 0.583 bits per heavy atom. The first-order valence-corrected chi connectivity index (χ1v) is 46.8. The molecule has 9 rings (SSSR count). The second-order valence-corrected chi connectivity index (χ2v) is 37.3. The molecule has 22 N–H and O–H groups in total. The van der Waals surface area contributed by atoms with Gasteiger partial charge in [-0.25, -0.2) is 0 Å². The van der Waals surface area contributed by atoms with Crippen LogP contribution in [-0.4, -0.2) is 310 Å². The standard InChI is InChI=1S/C90H129N21O19S2/c1-11-13-23-69-82(123)98-59(32-48(3)4)78(119)104-67(77(118)96-42-73(93)114)46-131-47-75(115)97-62(34-51-27-29-54(112)30-28-51)86(126)106(8)50(7)85-105-64(38-74(94)132-85)88(128)110-31-19-26-70(110)83(124)103-66(40-92)81(122)100-61(33-49(5)6)89(129)111-44-55(113)37-72(111)84(125)99-60(35-52-41-95-58-22-17-15-20-56(52)58)79(120)102-65(39-91)80(121)101-63(87(127)108(10)71(24-14-12-2)90(130)107(69)9)36-53-43-109(45-76(116)117)68-25-18-16-21-57(53)68/h15-18,20-22,25,27-30,41,43,48-50,55,59-67,69-72,95,105,112-113H,11-14,19,23-24,26,31-40,42,44-47,91-92,94H2,1-10H3,(H2,93,114)(H,96,118)(H,97,115)(H,98,123)(H,99,125)(H,100,122)(H,101,121)(H,102,120)(H,103,124)(H,104,119)(H,116,117)/t50-,55+,59-,60-,61-,62-,63-,64-,65-,66-,67-,69-,70-,71-,72-/m0/s1. The number of aromatic nitrogens is 2. The van der Waals surface area contributed by atoms with E-state index in [0.717, 1.165) is 32.5 Å². The number of nitrogens with two attached hydrogens (primary N) is 4. The minimum Gasteiger partial charge on any atom is -0.508 e. The van der Waals surface area contributed by atoms with E-state index in [2.05, 4.69) is 58.2 Å². The van der Waals surface area contributed by atoms with Crippen molar-refractivity contribution in [3.05, 3.63) is 102 Å². The van der Waals surface area contributed by atoms with Gasteiger partial charge < -0.3 is 114 Å². The number of amides is 15. The van der Waals surface area contributed by atoms with Crippen molar-refractivity contribution in [3.63, 3.8) is 0 Å². The number of nitrogens with zero attached hydrogens (tertiary/aromatic N) is 6. The molecule has 15 atom stereocenters. The lowest BCUT2D eigenvalue weighted by Crippen LogP contribution is -2.62. The van der Waals surface area contributed by atoms with Crippen LogP contribution in [0.1, 0.15) is 142 Å². The SMILES string of the molecule is CCCC[C@H]1C(=O)N(C)[C@@H](CCCC)C(=O)N[C@@H](CC(C)C)C(=O)N[C@H](C(=O)NCC(N)=O)CSCC(=O)N[C@@H](Cc2ccc(O)cc2)C(=O)N(C)[C@@H](C)C2=S=C(N)C[C@H](N2)C(=O)N2CCC[C@H]2C(=O)N[C@@H](CN)C(=O)N[C@@H](CC(C)C)C(=O)N2C[C@H](O)C[C@H]2C(=O)N[C@@H](Cc2c[nH]c3ccccc23)C(=O)N[C@@H](CN)C(=O)N[C@@H](Cc2cn(CC(=O)O)c3ccccc23)C(=O)N1C. The van der Waals surface area contributed by atoms with E-state index < -0.39 is 224 Å². The molecule has 3 saturated heterocycles. The number of hydrogen-bond acceptors (Lipinski definition) is 23. The van der Waals surface area contributed by atoms with Gasteiger partial charge in [0.25, 0.3) is 0 Å². The quantitative estimate of drug-likeness (QED) is 0.0325. The molecule has 42 heteroatoms.